The van der Waals surface area contributed by atoms with Gasteiger partial charge in [0.2, 0.25) is 0 Å². The topological polar surface area (TPSA) is 67.9 Å². The van der Waals surface area contributed by atoms with Gasteiger partial charge >= 0.3 is 5.97 Å². The van der Waals surface area contributed by atoms with Gasteiger partial charge in [-0.1, -0.05) is 36.4 Å². The second-order valence-electron chi connectivity index (χ2n) is 9.17. The molecule has 6 heteroatoms. The van der Waals surface area contributed by atoms with E-state index in [0.29, 0.717) is 17.7 Å². The highest BCUT2D eigenvalue weighted by atomic mass is 16.5. The van der Waals surface area contributed by atoms with E-state index in [1.165, 1.54) is 19.1 Å². The highest BCUT2D eigenvalue weighted by Crippen LogP contribution is 2.38. The van der Waals surface area contributed by atoms with Crippen molar-refractivity contribution in [3.8, 4) is 0 Å². The number of hydrogen-bond donors (Lipinski definition) is 1. The highest BCUT2D eigenvalue weighted by molar-refractivity contribution is 5.97. The van der Waals surface area contributed by atoms with E-state index in [-0.39, 0.29) is 17.6 Å². The van der Waals surface area contributed by atoms with Crippen molar-refractivity contribution in [2.75, 3.05) is 33.3 Å². The van der Waals surface area contributed by atoms with Crippen molar-refractivity contribution in [1.29, 1.82) is 0 Å². The third-order valence-corrected chi connectivity index (χ3v) is 6.92. The zero-order chi connectivity index (χ0) is 23.1. The minimum absolute atomic E-state index is 0.0316. The van der Waals surface area contributed by atoms with Gasteiger partial charge in [0.25, 0.3) is 5.91 Å². The maximum Gasteiger partial charge on any atom is 0.337 e. The van der Waals surface area contributed by atoms with Crippen molar-refractivity contribution in [3.63, 3.8) is 0 Å². The summed E-state index contributed by atoms with van der Waals surface area (Å²) in [5, 5.41) is 2.97. The Kier molecular flexibility index (Phi) is 7.78. The molecule has 1 spiro atoms. The van der Waals surface area contributed by atoms with Crippen LogP contribution in [0.2, 0.25) is 0 Å². The van der Waals surface area contributed by atoms with Gasteiger partial charge in [0, 0.05) is 25.2 Å². The van der Waals surface area contributed by atoms with Crippen LogP contribution in [0, 0.1) is 0 Å². The van der Waals surface area contributed by atoms with Gasteiger partial charge in [-0.25, -0.2) is 4.79 Å². The summed E-state index contributed by atoms with van der Waals surface area (Å²) in [6.07, 6.45) is 6.50. The lowest BCUT2D eigenvalue weighted by atomic mass is 9.88. The van der Waals surface area contributed by atoms with E-state index in [4.69, 9.17) is 9.47 Å². The number of carbonyl (C=O) groups excluding carboxylic acids is 2. The molecule has 0 bridgehead atoms. The molecule has 0 saturated carbocycles. The number of esters is 1. The van der Waals surface area contributed by atoms with Crippen molar-refractivity contribution in [1.82, 2.24) is 10.2 Å². The van der Waals surface area contributed by atoms with E-state index in [1.807, 2.05) is 0 Å². The van der Waals surface area contributed by atoms with Crippen LogP contribution < -0.4 is 5.32 Å². The third kappa shape index (κ3) is 6.21. The molecule has 0 aromatic heterocycles. The van der Waals surface area contributed by atoms with Gasteiger partial charge in [-0.2, -0.15) is 0 Å². The fraction of sp³-hybridized carbons (Fsp3) is 0.481. The number of hydrogen-bond acceptors (Lipinski definition) is 5. The molecular formula is C27H34N2O4. The number of ether oxygens (including phenoxy) is 2. The molecule has 33 heavy (non-hydrogen) atoms. The average molecular weight is 451 g/mol. The molecule has 0 aliphatic carbocycles. The van der Waals surface area contributed by atoms with Crippen LogP contribution in [0.4, 0.5) is 0 Å². The maximum atomic E-state index is 12.6. The molecule has 2 heterocycles. The first-order chi connectivity index (χ1) is 16.1. The molecule has 0 unspecified atom stereocenters. The van der Waals surface area contributed by atoms with E-state index >= 15 is 0 Å². The second-order valence-corrected chi connectivity index (χ2v) is 9.17. The fourth-order valence-electron chi connectivity index (χ4n) is 4.96. The van der Waals surface area contributed by atoms with Crippen molar-refractivity contribution < 1.29 is 19.1 Å². The zero-order valence-corrected chi connectivity index (χ0v) is 19.4. The molecule has 4 rings (SSSR count). The Morgan fingerprint density at radius 2 is 1.82 bits per heavy atom. The zero-order valence-electron chi connectivity index (χ0n) is 19.4. The summed E-state index contributed by atoms with van der Waals surface area (Å²) >= 11 is 0. The molecule has 2 aromatic rings. The predicted octanol–water partition coefficient (Wildman–Crippen LogP) is 3.85. The summed E-state index contributed by atoms with van der Waals surface area (Å²) in [6, 6.07) is 17.3. The SMILES string of the molecule is COC(=O)c1cccc(C(=O)NC[C@@H]2CCC3(CCN(CCCc4ccccc4)CC3)O2)c1. The van der Waals surface area contributed by atoms with Crippen LogP contribution in [0.15, 0.2) is 54.6 Å². The number of rotatable bonds is 8. The summed E-state index contributed by atoms with van der Waals surface area (Å²) in [5.74, 6) is -0.643. The molecule has 2 saturated heterocycles. The predicted molar refractivity (Wildman–Crippen MR) is 127 cm³/mol. The number of nitrogens with one attached hydrogen (secondary N) is 1. The number of methoxy groups -OCH3 is 1. The molecule has 2 fully saturated rings. The van der Waals surface area contributed by atoms with Gasteiger partial charge in [-0.05, 0) is 68.8 Å². The van der Waals surface area contributed by atoms with Crippen molar-refractivity contribution >= 4 is 11.9 Å². The van der Waals surface area contributed by atoms with Crippen LogP contribution in [0.25, 0.3) is 0 Å². The van der Waals surface area contributed by atoms with Crippen molar-refractivity contribution in [3.05, 3.63) is 71.3 Å². The molecule has 1 N–H and O–H groups in total. The van der Waals surface area contributed by atoms with Gasteiger partial charge in [0.15, 0.2) is 0 Å². The first-order valence-corrected chi connectivity index (χ1v) is 12.0. The molecule has 6 nitrogen and oxygen atoms in total. The van der Waals surface area contributed by atoms with Crippen LogP contribution in [0.3, 0.4) is 0 Å². The fourth-order valence-corrected chi connectivity index (χ4v) is 4.96. The smallest absolute Gasteiger partial charge is 0.337 e. The van der Waals surface area contributed by atoms with E-state index in [9.17, 15) is 9.59 Å². The summed E-state index contributed by atoms with van der Waals surface area (Å²) < 4.78 is 11.2. The Hall–Kier alpha value is -2.70. The number of benzene rings is 2. The van der Waals surface area contributed by atoms with E-state index in [2.05, 4.69) is 40.5 Å². The second kappa shape index (κ2) is 10.9. The quantitative estimate of drug-likeness (QED) is 0.619. The first kappa shape index (κ1) is 23.5. The molecular weight excluding hydrogens is 416 g/mol. The minimum atomic E-state index is -0.447. The van der Waals surface area contributed by atoms with Crippen molar-refractivity contribution in [2.24, 2.45) is 0 Å². The normalized spacial score (nSPS) is 20.0. The van der Waals surface area contributed by atoms with Crippen LogP contribution in [0.1, 0.15) is 58.4 Å². The standard InChI is InChI=1S/C27H34N2O4/c1-32-26(31)23-11-5-10-22(19-23)25(30)28-20-24-12-13-27(33-24)14-17-29(18-15-27)16-6-9-21-7-3-2-4-8-21/h2-5,7-8,10-11,19,24H,6,9,12-18,20H2,1H3,(H,28,30)/t24-/m0/s1. The summed E-state index contributed by atoms with van der Waals surface area (Å²) in [7, 11) is 1.33. The Balaban J connectivity index is 1.18. The van der Waals surface area contributed by atoms with Gasteiger partial charge < -0.3 is 19.7 Å². The Bertz CT molecular complexity index is 938. The summed E-state index contributed by atoms with van der Waals surface area (Å²) in [4.78, 5) is 26.8. The van der Waals surface area contributed by atoms with Crippen LogP contribution >= 0.6 is 0 Å². The third-order valence-electron chi connectivity index (χ3n) is 6.92. The Labute approximate surface area is 196 Å². The number of aryl methyl sites for hydroxylation is 1. The number of nitrogens with zero attached hydrogens (tertiary/aromatic N) is 1. The number of piperidine rings is 1. The van der Waals surface area contributed by atoms with Crippen LogP contribution in [-0.2, 0) is 15.9 Å². The summed E-state index contributed by atoms with van der Waals surface area (Å²) in [6.45, 7) is 3.78. The van der Waals surface area contributed by atoms with E-state index < -0.39 is 5.97 Å². The van der Waals surface area contributed by atoms with E-state index in [0.717, 1.165) is 51.7 Å². The van der Waals surface area contributed by atoms with Crippen LogP contribution in [0.5, 0.6) is 0 Å². The molecule has 1 atom stereocenters. The molecule has 1 amide bonds. The Morgan fingerprint density at radius 1 is 1.06 bits per heavy atom. The first-order valence-electron chi connectivity index (χ1n) is 12.0. The number of amides is 1. The average Bonchev–Trinajstić information content (AvgIpc) is 3.26. The molecule has 176 valence electrons. The van der Waals surface area contributed by atoms with Gasteiger partial charge in [0.05, 0.1) is 24.4 Å². The monoisotopic (exact) mass is 450 g/mol. The molecule has 2 aromatic carbocycles. The lowest BCUT2D eigenvalue weighted by Crippen LogP contribution is -2.45. The van der Waals surface area contributed by atoms with Gasteiger partial charge in [-0.3, -0.25) is 4.79 Å². The lowest BCUT2D eigenvalue weighted by Gasteiger charge is -2.39. The maximum absolute atomic E-state index is 12.6. The molecule has 2 aliphatic heterocycles. The number of likely N-dealkylation sites (tertiary alicyclic amines) is 1. The van der Waals surface area contributed by atoms with Crippen LogP contribution in [-0.4, -0.2) is 61.8 Å². The lowest BCUT2D eigenvalue weighted by molar-refractivity contribution is -0.0754. The number of carbonyl (C=O) groups is 2. The van der Waals surface area contributed by atoms with Crippen molar-refractivity contribution in [2.45, 2.75) is 50.2 Å². The van der Waals surface area contributed by atoms with Gasteiger partial charge in [-0.15, -0.1) is 0 Å². The molecule has 0 radical (unpaired) electrons. The Morgan fingerprint density at radius 3 is 2.58 bits per heavy atom. The van der Waals surface area contributed by atoms with Gasteiger partial charge in [0.1, 0.15) is 0 Å². The summed E-state index contributed by atoms with van der Waals surface area (Å²) in [5.41, 5.74) is 2.20. The highest BCUT2D eigenvalue weighted by Gasteiger charge is 2.42. The minimum Gasteiger partial charge on any atom is -0.465 e. The largest absolute Gasteiger partial charge is 0.465 e. The molecule has 2 aliphatic rings. The van der Waals surface area contributed by atoms with E-state index in [1.54, 1.807) is 24.3 Å².